The number of carbonyl (C=O) groups is 2. The van der Waals surface area contributed by atoms with E-state index in [0.29, 0.717) is 10.6 Å². The van der Waals surface area contributed by atoms with E-state index < -0.39 is 12.1 Å². The summed E-state index contributed by atoms with van der Waals surface area (Å²) in [6.45, 7) is 1.64. The van der Waals surface area contributed by atoms with Crippen molar-refractivity contribution in [3.8, 4) is 0 Å². The van der Waals surface area contributed by atoms with Crippen molar-refractivity contribution in [1.29, 1.82) is 0 Å². The largest absolute Gasteiger partial charge is 0.449 e. The lowest BCUT2D eigenvalue weighted by molar-refractivity contribution is -0.134. The Morgan fingerprint density at radius 1 is 1.16 bits per heavy atom. The Bertz CT molecular complexity index is 667. The van der Waals surface area contributed by atoms with Gasteiger partial charge in [0.1, 0.15) is 0 Å². The van der Waals surface area contributed by atoms with Crippen LogP contribution >= 0.6 is 11.6 Å². The molecule has 0 heterocycles. The van der Waals surface area contributed by atoms with Gasteiger partial charge in [-0.15, -0.1) is 0 Å². The minimum Gasteiger partial charge on any atom is -0.449 e. The second kappa shape index (κ2) is 6.31. The maximum atomic E-state index is 12.6. The molecular weight excluding hydrogens is 338 g/mol. The van der Waals surface area contributed by atoms with Gasteiger partial charge in [-0.25, -0.2) is 4.79 Å². The molecule has 0 aromatic heterocycles. The molecule has 0 saturated heterocycles. The van der Waals surface area contributed by atoms with Crippen LogP contribution in [0.1, 0.15) is 55.8 Å². The van der Waals surface area contributed by atoms with Crippen molar-refractivity contribution >= 4 is 23.5 Å². The summed E-state index contributed by atoms with van der Waals surface area (Å²) in [5.74, 6) is 1.58. The summed E-state index contributed by atoms with van der Waals surface area (Å²) >= 11 is 5.90. The Morgan fingerprint density at radius 3 is 2.32 bits per heavy atom. The average molecular weight is 362 g/mol. The van der Waals surface area contributed by atoms with Crippen LogP contribution in [0.15, 0.2) is 24.3 Å². The fourth-order valence-electron chi connectivity index (χ4n) is 5.52. The topological polar surface area (TPSA) is 55.4 Å². The molecule has 5 heteroatoms. The van der Waals surface area contributed by atoms with Crippen LogP contribution in [0.5, 0.6) is 0 Å². The average Bonchev–Trinajstić information content (AvgIpc) is 2.53. The van der Waals surface area contributed by atoms with Crippen LogP contribution in [-0.4, -0.2) is 23.5 Å². The third-order valence-electron chi connectivity index (χ3n) is 6.14. The molecule has 1 amide bonds. The van der Waals surface area contributed by atoms with E-state index in [0.717, 1.165) is 37.0 Å². The molecule has 4 aliphatic carbocycles. The van der Waals surface area contributed by atoms with E-state index in [1.54, 1.807) is 31.2 Å². The van der Waals surface area contributed by atoms with Crippen molar-refractivity contribution in [1.82, 2.24) is 5.32 Å². The first-order chi connectivity index (χ1) is 11.9. The fraction of sp³-hybridized carbons (Fsp3) is 0.600. The molecular formula is C20H24ClNO3. The highest BCUT2D eigenvalue weighted by atomic mass is 35.5. The zero-order valence-electron chi connectivity index (χ0n) is 14.5. The molecule has 0 radical (unpaired) electrons. The molecule has 25 heavy (non-hydrogen) atoms. The lowest BCUT2D eigenvalue weighted by Crippen LogP contribution is -2.61. The van der Waals surface area contributed by atoms with Gasteiger partial charge >= 0.3 is 5.97 Å². The van der Waals surface area contributed by atoms with Crippen LogP contribution < -0.4 is 5.32 Å². The minimum absolute atomic E-state index is 0.0669. The van der Waals surface area contributed by atoms with Crippen LogP contribution in [0.3, 0.4) is 0 Å². The highest BCUT2D eigenvalue weighted by Gasteiger charge is 2.51. The van der Waals surface area contributed by atoms with Gasteiger partial charge in [-0.3, -0.25) is 4.79 Å². The van der Waals surface area contributed by atoms with Crippen LogP contribution in [0.4, 0.5) is 0 Å². The molecule has 0 unspecified atom stereocenters. The van der Waals surface area contributed by atoms with Crippen molar-refractivity contribution < 1.29 is 14.3 Å². The summed E-state index contributed by atoms with van der Waals surface area (Å²) in [5.41, 5.74) is 0.296. The highest BCUT2D eigenvalue weighted by molar-refractivity contribution is 6.30. The maximum Gasteiger partial charge on any atom is 0.338 e. The first-order valence-electron chi connectivity index (χ1n) is 9.21. The molecule has 1 aromatic carbocycles. The second-order valence-electron chi connectivity index (χ2n) is 8.25. The first-order valence-corrected chi connectivity index (χ1v) is 9.59. The number of ether oxygens (including phenoxy) is 1. The summed E-state index contributed by atoms with van der Waals surface area (Å²) in [7, 11) is 0. The molecule has 4 fully saturated rings. The number of halogens is 1. The molecule has 134 valence electrons. The Hall–Kier alpha value is -1.55. The van der Waals surface area contributed by atoms with Gasteiger partial charge in [0.25, 0.3) is 5.91 Å². The van der Waals surface area contributed by atoms with Crippen LogP contribution in [0, 0.1) is 17.8 Å². The first kappa shape index (κ1) is 16.9. The van der Waals surface area contributed by atoms with Crippen molar-refractivity contribution in [3.05, 3.63) is 34.9 Å². The van der Waals surface area contributed by atoms with E-state index in [9.17, 15) is 9.59 Å². The Morgan fingerprint density at radius 2 is 1.76 bits per heavy atom. The molecule has 4 aliphatic rings. The number of esters is 1. The number of rotatable bonds is 4. The van der Waals surface area contributed by atoms with Crippen molar-refractivity contribution in [2.75, 3.05) is 0 Å². The highest BCUT2D eigenvalue weighted by Crippen LogP contribution is 2.55. The summed E-state index contributed by atoms with van der Waals surface area (Å²) in [6.07, 6.45) is 6.43. The van der Waals surface area contributed by atoms with E-state index in [1.165, 1.54) is 19.3 Å². The third kappa shape index (κ3) is 3.41. The lowest BCUT2D eigenvalue weighted by Gasteiger charge is -2.57. The van der Waals surface area contributed by atoms with Crippen LogP contribution in [0.25, 0.3) is 0 Å². The van der Waals surface area contributed by atoms with Crippen LogP contribution in [-0.2, 0) is 9.53 Å². The van der Waals surface area contributed by atoms with E-state index in [1.807, 2.05) is 0 Å². The Balaban J connectivity index is 1.39. The van der Waals surface area contributed by atoms with Gasteiger partial charge in [-0.2, -0.15) is 0 Å². The summed E-state index contributed by atoms with van der Waals surface area (Å²) in [4.78, 5) is 24.9. The van der Waals surface area contributed by atoms with Gasteiger partial charge in [-0.05, 0) is 81.4 Å². The van der Waals surface area contributed by atoms with E-state index in [-0.39, 0.29) is 11.4 Å². The SMILES string of the molecule is C[C@@H](OC(=O)c1cccc(Cl)c1)C(=O)NC12CC3CC(CC(C3)C1)C2. The van der Waals surface area contributed by atoms with E-state index >= 15 is 0 Å². The summed E-state index contributed by atoms with van der Waals surface area (Å²) in [5, 5.41) is 3.72. The maximum absolute atomic E-state index is 12.6. The predicted molar refractivity (Wildman–Crippen MR) is 95.4 cm³/mol. The molecule has 4 saturated carbocycles. The summed E-state index contributed by atoms with van der Waals surface area (Å²) < 4.78 is 5.36. The molecule has 5 rings (SSSR count). The van der Waals surface area contributed by atoms with Crippen molar-refractivity contribution in [3.63, 3.8) is 0 Å². The molecule has 1 atom stereocenters. The molecule has 4 bridgehead atoms. The van der Waals surface area contributed by atoms with Crippen LogP contribution in [0.2, 0.25) is 5.02 Å². The normalized spacial score (nSPS) is 33.8. The fourth-order valence-corrected chi connectivity index (χ4v) is 5.71. The monoisotopic (exact) mass is 361 g/mol. The van der Waals surface area contributed by atoms with Gasteiger partial charge in [-0.1, -0.05) is 17.7 Å². The number of hydrogen-bond acceptors (Lipinski definition) is 3. The van der Waals surface area contributed by atoms with Gasteiger partial charge in [0.15, 0.2) is 6.10 Å². The zero-order valence-corrected chi connectivity index (χ0v) is 15.2. The van der Waals surface area contributed by atoms with E-state index in [4.69, 9.17) is 16.3 Å². The number of amides is 1. The standard InChI is InChI=1S/C20H24ClNO3/c1-12(25-19(24)16-3-2-4-17(21)8-16)18(23)22-20-9-13-5-14(10-20)7-15(6-13)11-20/h2-4,8,12-15H,5-7,9-11H2,1H3,(H,22,23)/t12-,13?,14?,15?,20?/m1/s1. The summed E-state index contributed by atoms with van der Waals surface area (Å²) in [6, 6.07) is 6.58. The van der Waals surface area contributed by atoms with Crippen molar-refractivity contribution in [2.24, 2.45) is 17.8 Å². The third-order valence-corrected chi connectivity index (χ3v) is 6.38. The predicted octanol–water partition coefficient (Wildman–Crippen LogP) is 3.97. The minimum atomic E-state index is -0.806. The molecule has 0 aliphatic heterocycles. The molecule has 0 spiro atoms. The number of hydrogen-bond donors (Lipinski definition) is 1. The van der Waals surface area contributed by atoms with Gasteiger partial charge in [0.2, 0.25) is 0 Å². The lowest BCUT2D eigenvalue weighted by atomic mass is 9.53. The zero-order chi connectivity index (χ0) is 17.6. The Labute approximate surface area is 153 Å². The Kier molecular flexibility index (Phi) is 4.27. The van der Waals surface area contributed by atoms with Gasteiger partial charge in [0, 0.05) is 10.6 Å². The number of nitrogens with one attached hydrogen (secondary N) is 1. The number of carbonyl (C=O) groups excluding carboxylic acids is 2. The smallest absolute Gasteiger partial charge is 0.338 e. The van der Waals surface area contributed by atoms with Gasteiger partial charge in [0.05, 0.1) is 5.56 Å². The molecule has 1 N–H and O–H groups in total. The van der Waals surface area contributed by atoms with Crippen molar-refractivity contribution in [2.45, 2.75) is 57.1 Å². The quantitative estimate of drug-likeness (QED) is 0.825. The molecule has 1 aromatic rings. The molecule has 4 nitrogen and oxygen atoms in total. The second-order valence-corrected chi connectivity index (χ2v) is 8.68. The van der Waals surface area contributed by atoms with E-state index in [2.05, 4.69) is 5.32 Å². The number of benzene rings is 1. The van der Waals surface area contributed by atoms with Gasteiger partial charge < -0.3 is 10.1 Å².